The van der Waals surface area contributed by atoms with E-state index in [0.29, 0.717) is 11.5 Å². The molecular formula is C14H17FN2O2S. The molecule has 20 heavy (non-hydrogen) atoms. The van der Waals surface area contributed by atoms with Crippen LogP contribution in [0.1, 0.15) is 25.3 Å². The topological polar surface area (TPSA) is 72.2 Å². The molecule has 0 aliphatic heterocycles. The number of hydrogen-bond donors (Lipinski definition) is 2. The number of hydrogen-bond acceptors (Lipinski definition) is 3. The second kappa shape index (κ2) is 5.92. The fraction of sp³-hybridized carbons (Fsp3) is 0.429. The lowest BCUT2D eigenvalue weighted by atomic mass is 9.83. The Morgan fingerprint density at radius 2 is 2.15 bits per heavy atom. The van der Waals surface area contributed by atoms with Crippen LogP contribution < -0.4 is 10.5 Å². The van der Waals surface area contributed by atoms with Gasteiger partial charge in [0.15, 0.2) is 0 Å². The summed E-state index contributed by atoms with van der Waals surface area (Å²) in [6, 6.07) is 3.73. The standard InChI is InChI=1S/C14H17FN2O2S/c1-10-7-12(8-10)17-20(18,19)14-5-4-11(3-2-6-16)9-13(14)15/h4-5,9-10,12,17H,6-8,16H2,1H3. The van der Waals surface area contributed by atoms with E-state index in [0.717, 1.165) is 18.9 Å². The fourth-order valence-electron chi connectivity index (χ4n) is 2.23. The lowest BCUT2D eigenvalue weighted by molar-refractivity contribution is 0.270. The highest BCUT2D eigenvalue weighted by Crippen LogP contribution is 2.28. The van der Waals surface area contributed by atoms with Gasteiger partial charge in [-0.25, -0.2) is 17.5 Å². The van der Waals surface area contributed by atoms with Crippen LogP contribution in [0.5, 0.6) is 0 Å². The van der Waals surface area contributed by atoms with Crippen molar-refractivity contribution in [3.63, 3.8) is 0 Å². The van der Waals surface area contributed by atoms with E-state index in [1.807, 2.05) is 0 Å². The van der Waals surface area contributed by atoms with Gasteiger partial charge in [0.1, 0.15) is 10.7 Å². The van der Waals surface area contributed by atoms with E-state index >= 15 is 0 Å². The van der Waals surface area contributed by atoms with Crippen LogP contribution in [0.4, 0.5) is 4.39 Å². The molecule has 1 aromatic rings. The molecule has 0 unspecified atom stereocenters. The average Bonchev–Trinajstić information content (AvgIpc) is 2.34. The van der Waals surface area contributed by atoms with E-state index in [2.05, 4.69) is 23.5 Å². The zero-order chi connectivity index (χ0) is 14.8. The van der Waals surface area contributed by atoms with Crippen molar-refractivity contribution in [2.24, 2.45) is 11.7 Å². The van der Waals surface area contributed by atoms with Crippen LogP contribution in [0.25, 0.3) is 0 Å². The molecule has 0 radical (unpaired) electrons. The highest BCUT2D eigenvalue weighted by Gasteiger charge is 2.30. The zero-order valence-corrected chi connectivity index (χ0v) is 12.0. The lowest BCUT2D eigenvalue weighted by Gasteiger charge is -2.32. The van der Waals surface area contributed by atoms with Crippen molar-refractivity contribution in [1.29, 1.82) is 0 Å². The summed E-state index contributed by atoms with van der Waals surface area (Å²) >= 11 is 0. The Labute approximate surface area is 118 Å². The lowest BCUT2D eigenvalue weighted by Crippen LogP contribution is -2.43. The first kappa shape index (κ1) is 15.0. The van der Waals surface area contributed by atoms with Crippen molar-refractivity contribution in [2.75, 3.05) is 6.54 Å². The molecule has 0 aromatic heterocycles. The molecule has 0 amide bonds. The quantitative estimate of drug-likeness (QED) is 0.824. The summed E-state index contributed by atoms with van der Waals surface area (Å²) in [5.41, 5.74) is 5.63. The van der Waals surface area contributed by atoms with Gasteiger partial charge < -0.3 is 5.73 Å². The van der Waals surface area contributed by atoms with Crippen LogP contribution in [0.2, 0.25) is 0 Å². The molecule has 0 spiro atoms. The van der Waals surface area contributed by atoms with Crippen molar-refractivity contribution >= 4 is 10.0 Å². The highest BCUT2D eigenvalue weighted by atomic mass is 32.2. The predicted molar refractivity (Wildman–Crippen MR) is 74.8 cm³/mol. The summed E-state index contributed by atoms with van der Waals surface area (Å²) in [5, 5.41) is 0. The molecule has 3 N–H and O–H groups in total. The largest absolute Gasteiger partial charge is 0.320 e. The summed E-state index contributed by atoms with van der Waals surface area (Å²) in [6.45, 7) is 2.22. The first-order valence-corrected chi connectivity index (χ1v) is 7.91. The molecule has 1 aliphatic carbocycles. The molecule has 1 aromatic carbocycles. The summed E-state index contributed by atoms with van der Waals surface area (Å²) < 4.78 is 40.6. The summed E-state index contributed by atoms with van der Waals surface area (Å²) in [5.74, 6) is 4.97. The molecule has 0 bridgehead atoms. The minimum atomic E-state index is -3.81. The molecule has 1 aliphatic rings. The second-order valence-electron chi connectivity index (χ2n) is 5.05. The molecule has 2 rings (SSSR count). The third-order valence-electron chi connectivity index (χ3n) is 3.25. The Hall–Kier alpha value is -1.42. The maximum atomic E-state index is 13.9. The number of benzene rings is 1. The molecule has 108 valence electrons. The van der Waals surface area contributed by atoms with Crippen molar-refractivity contribution < 1.29 is 12.8 Å². The SMILES string of the molecule is CC1CC(NS(=O)(=O)c2ccc(C#CCN)cc2F)C1. The fourth-order valence-corrected chi connectivity index (χ4v) is 3.55. The van der Waals surface area contributed by atoms with Gasteiger partial charge in [0.2, 0.25) is 10.0 Å². The summed E-state index contributed by atoms with van der Waals surface area (Å²) in [6.07, 6.45) is 1.59. The van der Waals surface area contributed by atoms with E-state index in [1.165, 1.54) is 12.1 Å². The third kappa shape index (κ3) is 3.37. The monoisotopic (exact) mass is 296 g/mol. The van der Waals surface area contributed by atoms with Crippen LogP contribution >= 0.6 is 0 Å². The van der Waals surface area contributed by atoms with Crippen molar-refractivity contribution in [1.82, 2.24) is 4.72 Å². The number of sulfonamides is 1. The van der Waals surface area contributed by atoms with Gasteiger partial charge in [-0.2, -0.15) is 0 Å². The number of nitrogens with two attached hydrogens (primary N) is 1. The van der Waals surface area contributed by atoms with Gasteiger partial charge in [-0.05, 0) is 37.0 Å². The normalized spacial score (nSPS) is 21.8. The van der Waals surface area contributed by atoms with Crippen molar-refractivity contribution in [3.05, 3.63) is 29.6 Å². The van der Waals surface area contributed by atoms with Gasteiger partial charge in [0.25, 0.3) is 0 Å². The molecule has 6 heteroatoms. The number of nitrogens with one attached hydrogen (secondary N) is 1. The smallest absolute Gasteiger partial charge is 0.243 e. The molecule has 4 nitrogen and oxygen atoms in total. The highest BCUT2D eigenvalue weighted by molar-refractivity contribution is 7.89. The second-order valence-corrected chi connectivity index (χ2v) is 6.73. The van der Waals surface area contributed by atoms with Gasteiger partial charge in [0.05, 0.1) is 6.54 Å². The first-order chi connectivity index (χ1) is 9.42. The Morgan fingerprint density at radius 1 is 1.45 bits per heavy atom. The Morgan fingerprint density at radius 3 is 2.70 bits per heavy atom. The first-order valence-electron chi connectivity index (χ1n) is 6.43. The minimum Gasteiger partial charge on any atom is -0.320 e. The van der Waals surface area contributed by atoms with Crippen LogP contribution in [0.3, 0.4) is 0 Å². The summed E-state index contributed by atoms with van der Waals surface area (Å²) in [4.78, 5) is -0.338. The Balaban J connectivity index is 2.19. The van der Waals surface area contributed by atoms with Gasteiger partial charge in [-0.1, -0.05) is 18.8 Å². The van der Waals surface area contributed by atoms with Gasteiger partial charge in [0, 0.05) is 11.6 Å². The maximum Gasteiger partial charge on any atom is 0.243 e. The van der Waals surface area contributed by atoms with Crippen molar-refractivity contribution in [3.8, 4) is 11.8 Å². The molecule has 0 saturated heterocycles. The Kier molecular flexibility index (Phi) is 4.43. The average molecular weight is 296 g/mol. The molecule has 0 atom stereocenters. The maximum absolute atomic E-state index is 13.9. The van der Waals surface area contributed by atoms with Crippen molar-refractivity contribution in [2.45, 2.75) is 30.7 Å². The summed E-state index contributed by atoms with van der Waals surface area (Å²) in [7, 11) is -3.81. The van der Waals surface area contributed by atoms with Gasteiger partial charge in [-0.3, -0.25) is 0 Å². The minimum absolute atomic E-state index is 0.0916. The van der Waals surface area contributed by atoms with Gasteiger partial charge >= 0.3 is 0 Å². The number of halogens is 1. The van der Waals surface area contributed by atoms with E-state index in [9.17, 15) is 12.8 Å². The third-order valence-corrected chi connectivity index (χ3v) is 4.81. The van der Waals surface area contributed by atoms with E-state index in [4.69, 9.17) is 5.73 Å². The number of rotatable bonds is 3. The van der Waals surface area contributed by atoms with E-state index < -0.39 is 15.8 Å². The van der Waals surface area contributed by atoms with Crippen LogP contribution in [-0.2, 0) is 10.0 Å². The molecular weight excluding hydrogens is 279 g/mol. The molecule has 0 heterocycles. The van der Waals surface area contributed by atoms with E-state index in [1.54, 1.807) is 0 Å². The Bertz CT molecular complexity index is 655. The van der Waals surface area contributed by atoms with Crippen LogP contribution in [0.15, 0.2) is 23.1 Å². The zero-order valence-electron chi connectivity index (χ0n) is 11.2. The molecule has 1 fully saturated rings. The van der Waals surface area contributed by atoms with Crippen LogP contribution in [-0.4, -0.2) is 21.0 Å². The van der Waals surface area contributed by atoms with Crippen LogP contribution in [0, 0.1) is 23.6 Å². The predicted octanol–water partition coefficient (Wildman–Crippen LogP) is 1.21. The van der Waals surface area contributed by atoms with E-state index in [-0.39, 0.29) is 17.5 Å². The van der Waals surface area contributed by atoms with Gasteiger partial charge in [-0.15, -0.1) is 0 Å². The molecule has 1 saturated carbocycles.